The largest absolute Gasteiger partial charge is 0.472 e. The van der Waals surface area contributed by atoms with Gasteiger partial charge in [-0.05, 0) is 57.8 Å². The number of phosphoric acid groups is 1. The molecule has 0 spiro atoms. The number of allylic oxidation sites excluding steroid dienone is 8. The smallest absolute Gasteiger partial charge is 0.462 e. The number of carbonyl (C=O) groups excluding carboxylic acids is 3. The Bertz CT molecular complexity index is 1260. The van der Waals surface area contributed by atoms with Crippen LogP contribution in [0.3, 0.4) is 0 Å². The molecule has 0 amide bonds. The quantitative estimate of drug-likeness (QED) is 0.0197. The monoisotopic (exact) mass is 925 g/mol. The summed E-state index contributed by atoms with van der Waals surface area (Å²) in [6.45, 7) is 4.46. The third-order valence-corrected chi connectivity index (χ3v) is 11.7. The Labute approximate surface area is 390 Å². The van der Waals surface area contributed by atoms with Gasteiger partial charge in [0.15, 0.2) is 6.10 Å². The molecule has 64 heavy (non-hydrogen) atoms. The fourth-order valence-electron chi connectivity index (χ4n) is 6.88. The highest BCUT2D eigenvalue weighted by Gasteiger charge is 2.28. The van der Waals surface area contributed by atoms with Crippen LogP contribution in [0.2, 0.25) is 0 Å². The average Bonchev–Trinajstić information content (AvgIpc) is 3.28. The first-order chi connectivity index (χ1) is 31.2. The van der Waals surface area contributed by atoms with Crippen molar-refractivity contribution in [3.05, 3.63) is 48.6 Å². The van der Waals surface area contributed by atoms with Gasteiger partial charge in [0.05, 0.1) is 19.8 Å². The molecule has 0 aromatic rings. The van der Waals surface area contributed by atoms with Gasteiger partial charge in [-0.2, -0.15) is 0 Å². The topological polar surface area (TPSA) is 155 Å². The molecule has 3 atom stereocenters. The zero-order valence-corrected chi connectivity index (χ0v) is 41.6. The molecule has 0 saturated carbocycles. The molecule has 0 aliphatic rings. The van der Waals surface area contributed by atoms with Gasteiger partial charge < -0.3 is 24.2 Å². The molecule has 0 heterocycles. The minimum absolute atomic E-state index is 0.161. The molecule has 372 valence electrons. The van der Waals surface area contributed by atoms with Crippen LogP contribution in [-0.4, -0.2) is 66.5 Å². The molecule has 0 aromatic carbocycles. The lowest BCUT2D eigenvalue weighted by Crippen LogP contribution is -2.30. The number of hydrogen-bond acceptors (Lipinski definition) is 10. The van der Waals surface area contributed by atoms with Gasteiger partial charge in [-0.3, -0.25) is 23.4 Å². The molecular formula is C52H93O11P. The standard InChI is InChI=1S/C52H93O11P/c1-4-7-10-13-16-19-22-23-24-25-28-29-32-35-38-41-50(54)59-45-49(63-52(56)43-40-37-34-31-27-21-18-15-12-9-6-3)47-61-64(57,58)60-46-48(44-53)62-51(55)42-39-36-33-30-26-20-17-14-11-8-5-2/h7,10,16,19,23-24,28-29,48-49,53H,4-6,8-9,11-15,17-18,20-22,25-27,30-47H2,1-3H3,(H,57,58)/b10-7-,19-16-,24-23-,29-28-. The fourth-order valence-corrected chi connectivity index (χ4v) is 7.66. The Hall–Kier alpha value is -2.56. The highest BCUT2D eigenvalue weighted by molar-refractivity contribution is 7.47. The summed E-state index contributed by atoms with van der Waals surface area (Å²) in [5, 5.41) is 9.75. The van der Waals surface area contributed by atoms with Crippen molar-refractivity contribution in [1.82, 2.24) is 0 Å². The van der Waals surface area contributed by atoms with Crippen molar-refractivity contribution in [2.75, 3.05) is 26.4 Å². The zero-order valence-electron chi connectivity index (χ0n) is 40.7. The number of aliphatic hydroxyl groups excluding tert-OH is 1. The molecule has 2 N–H and O–H groups in total. The number of carbonyl (C=O) groups is 3. The molecule has 0 radical (unpaired) electrons. The molecule has 0 fully saturated rings. The summed E-state index contributed by atoms with van der Waals surface area (Å²) in [4.78, 5) is 48.2. The first-order valence-electron chi connectivity index (χ1n) is 25.5. The number of esters is 3. The number of unbranched alkanes of at least 4 members (excludes halogenated alkanes) is 22. The molecule has 12 heteroatoms. The van der Waals surface area contributed by atoms with Gasteiger partial charge in [0.25, 0.3) is 0 Å². The number of phosphoric ester groups is 1. The van der Waals surface area contributed by atoms with E-state index >= 15 is 0 Å². The Balaban J connectivity index is 4.78. The van der Waals surface area contributed by atoms with Gasteiger partial charge >= 0.3 is 25.7 Å². The van der Waals surface area contributed by atoms with Crippen LogP contribution in [0, 0.1) is 0 Å². The van der Waals surface area contributed by atoms with Gasteiger partial charge in [-0.25, -0.2) is 4.57 Å². The van der Waals surface area contributed by atoms with Gasteiger partial charge in [-0.15, -0.1) is 0 Å². The van der Waals surface area contributed by atoms with Gasteiger partial charge in [0.2, 0.25) is 0 Å². The zero-order chi connectivity index (χ0) is 47.0. The second-order valence-electron chi connectivity index (χ2n) is 17.0. The molecule has 0 bridgehead atoms. The van der Waals surface area contributed by atoms with E-state index in [1.165, 1.54) is 89.9 Å². The van der Waals surface area contributed by atoms with Gasteiger partial charge in [0, 0.05) is 19.3 Å². The van der Waals surface area contributed by atoms with Crippen molar-refractivity contribution in [3.8, 4) is 0 Å². The van der Waals surface area contributed by atoms with Crippen molar-refractivity contribution in [2.45, 2.75) is 238 Å². The van der Waals surface area contributed by atoms with Crippen LogP contribution in [0.1, 0.15) is 226 Å². The van der Waals surface area contributed by atoms with E-state index in [1.807, 2.05) is 0 Å². The van der Waals surface area contributed by atoms with E-state index in [0.717, 1.165) is 77.0 Å². The van der Waals surface area contributed by atoms with E-state index in [9.17, 15) is 28.9 Å². The molecule has 0 aromatic heterocycles. The van der Waals surface area contributed by atoms with E-state index in [-0.39, 0.29) is 25.9 Å². The molecule has 11 nitrogen and oxygen atoms in total. The SMILES string of the molecule is CC/C=C\C/C=C\C/C=C\C/C=C\CCCCC(=O)OCC(COP(=O)(O)OCC(CO)OC(=O)CCCCCCCCCCCCC)OC(=O)CCCCCCCCCCCCC. The summed E-state index contributed by atoms with van der Waals surface area (Å²) in [6, 6.07) is 0. The molecule has 0 aliphatic heterocycles. The van der Waals surface area contributed by atoms with Crippen molar-refractivity contribution in [2.24, 2.45) is 0 Å². The molecule has 3 unspecified atom stereocenters. The number of rotatable bonds is 47. The van der Waals surface area contributed by atoms with E-state index < -0.39 is 57.8 Å². The lowest BCUT2D eigenvalue weighted by molar-refractivity contribution is -0.161. The molecule has 0 rings (SSSR count). The summed E-state index contributed by atoms with van der Waals surface area (Å²) in [7, 11) is -4.74. The van der Waals surface area contributed by atoms with E-state index in [0.29, 0.717) is 19.3 Å². The Morgan fingerprint density at radius 2 is 0.812 bits per heavy atom. The third kappa shape index (κ3) is 44.6. The van der Waals surface area contributed by atoms with E-state index in [1.54, 1.807) is 0 Å². The summed E-state index contributed by atoms with van der Waals surface area (Å²) < 4.78 is 39.2. The summed E-state index contributed by atoms with van der Waals surface area (Å²) in [5.41, 5.74) is 0. The first-order valence-corrected chi connectivity index (χ1v) is 27.0. The van der Waals surface area contributed by atoms with Crippen molar-refractivity contribution >= 4 is 25.7 Å². The van der Waals surface area contributed by atoms with Gasteiger partial charge in [-0.1, -0.05) is 198 Å². The van der Waals surface area contributed by atoms with Crippen LogP contribution >= 0.6 is 7.82 Å². The highest BCUT2D eigenvalue weighted by Crippen LogP contribution is 2.43. The summed E-state index contributed by atoms with van der Waals surface area (Å²) in [5.74, 6) is -1.51. The van der Waals surface area contributed by atoms with Crippen LogP contribution in [0.4, 0.5) is 0 Å². The average molecular weight is 925 g/mol. The Kier molecular flexibility index (Phi) is 45.1. The van der Waals surface area contributed by atoms with Crippen LogP contribution in [0.25, 0.3) is 0 Å². The second-order valence-corrected chi connectivity index (χ2v) is 18.4. The van der Waals surface area contributed by atoms with Gasteiger partial charge in [0.1, 0.15) is 12.7 Å². The van der Waals surface area contributed by atoms with Crippen molar-refractivity contribution in [3.63, 3.8) is 0 Å². The second kappa shape index (κ2) is 47.0. The maximum absolute atomic E-state index is 12.8. The normalized spacial score (nSPS) is 13.9. The first kappa shape index (κ1) is 61.4. The van der Waals surface area contributed by atoms with Crippen LogP contribution < -0.4 is 0 Å². The van der Waals surface area contributed by atoms with Crippen LogP contribution in [0.5, 0.6) is 0 Å². The Morgan fingerprint density at radius 1 is 0.453 bits per heavy atom. The summed E-state index contributed by atoms with van der Waals surface area (Å²) in [6.07, 6.45) is 46.6. The van der Waals surface area contributed by atoms with Crippen molar-refractivity contribution in [1.29, 1.82) is 0 Å². The maximum atomic E-state index is 12.8. The number of aliphatic hydroxyl groups is 1. The predicted molar refractivity (Wildman–Crippen MR) is 261 cm³/mol. The highest BCUT2D eigenvalue weighted by atomic mass is 31.2. The van der Waals surface area contributed by atoms with Crippen LogP contribution in [-0.2, 0) is 42.2 Å². The number of hydrogen-bond donors (Lipinski definition) is 2. The van der Waals surface area contributed by atoms with Crippen LogP contribution in [0.15, 0.2) is 48.6 Å². The minimum atomic E-state index is -4.74. The molecular weight excluding hydrogens is 832 g/mol. The molecule has 0 saturated heterocycles. The lowest BCUT2D eigenvalue weighted by atomic mass is 10.1. The van der Waals surface area contributed by atoms with E-state index in [4.69, 9.17) is 23.3 Å². The minimum Gasteiger partial charge on any atom is -0.462 e. The number of ether oxygens (including phenoxy) is 3. The fraction of sp³-hybridized carbons (Fsp3) is 0.788. The lowest BCUT2D eigenvalue weighted by Gasteiger charge is -2.21. The Morgan fingerprint density at radius 3 is 1.25 bits per heavy atom. The summed E-state index contributed by atoms with van der Waals surface area (Å²) >= 11 is 0. The third-order valence-electron chi connectivity index (χ3n) is 10.8. The van der Waals surface area contributed by atoms with E-state index in [2.05, 4.69) is 69.4 Å². The maximum Gasteiger partial charge on any atom is 0.472 e. The predicted octanol–water partition coefficient (Wildman–Crippen LogP) is 14.2. The van der Waals surface area contributed by atoms with Crippen molar-refractivity contribution < 1.29 is 52.2 Å². The molecule has 0 aliphatic carbocycles.